The van der Waals surface area contributed by atoms with Gasteiger partial charge in [-0.3, -0.25) is 9.69 Å². The summed E-state index contributed by atoms with van der Waals surface area (Å²) in [6, 6.07) is 16.8. The summed E-state index contributed by atoms with van der Waals surface area (Å²) in [5.74, 6) is 0.849. The first-order chi connectivity index (χ1) is 13.0. The third kappa shape index (κ3) is 3.97. The Labute approximate surface area is 166 Å². The minimum atomic E-state index is 0.224. The number of amides is 1. The first-order valence-corrected chi connectivity index (χ1v) is 9.90. The van der Waals surface area contributed by atoms with E-state index in [1.807, 2.05) is 29.2 Å². The molecule has 2 saturated heterocycles. The van der Waals surface area contributed by atoms with Gasteiger partial charge in [-0.1, -0.05) is 35.9 Å². The summed E-state index contributed by atoms with van der Waals surface area (Å²) in [6.45, 7) is 3.80. The van der Waals surface area contributed by atoms with Crippen molar-refractivity contribution in [3.8, 4) is 0 Å². The zero-order chi connectivity index (χ0) is 19.0. The first kappa shape index (κ1) is 18.3. The molecule has 0 aromatic heterocycles. The standard InChI is InChI=1S/C22H26ClN3O/c1-24(2)20-9-5-17(6-10-20)12-25-13-18-14-26(15-21(18)25)22(27)11-16-3-7-19(23)8-4-16/h3-10,18,21H,11-15H2,1-2H3/t18-,21+/m1/s1. The van der Waals surface area contributed by atoms with Gasteiger partial charge in [0, 0.05) is 62.9 Å². The molecule has 0 spiro atoms. The molecule has 2 aromatic rings. The smallest absolute Gasteiger partial charge is 0.227 e. The van der Waals surface area contributed by atoms with Crippen LogP contribution < -0.4 is 4.90 Å². The number of halogens is 1. The van der Waals surface area contributed by atoms with Crippen molar-refractivity contribution >= 4 is 23.2 Å². The highest BCUT2D eigenvalue weighted by Gasteiger charge is 2.46. The van der Waals surface area contributed by atoms with Crippen LogP contribution in [0.1, 0.15) is 11.1 Å². The van der Waals surface area contributed by atoms with Crippen molar-refractivity contribution in [3.63, 3.8) is 0 Å². The Morgan fingerprint density at radius 3 is 2.33 bits per heavy atom. The molecule has 0 aliphatic carbocycles. The number of fused-ring (bicyclic) bond motifs is 1. The number of benzene rings is 2. The van der Waals surface area contributed by atoms with Crippen LogP contribution in [-0.4, -0.2) is 55.5 Å². The van der Waals surface area contributed by atoms with Crippen LogP contribution in [0.15, 0.2) is 48.5 Å². The summed E-state index contributed by atoms with van der Waals surface area (Å²) in [7, 11) is 4.12. The van der Waals surface area contributed by atoms with Crippen LogP contribution in [0, 0.1) is 5.92 Å². The van der Waals surface area contributed by atoms with Crippen molar-refractivity contribution in [2.24, 2.45) is 5.92 Å². The van der Waals surface area contributed by atoms with E-state index in [0.29, 0.717) is 23.4 Å². The topological polar surface area (TPSA) is 26.8 Å². The summed E-state index contributed by atoms with van der Waals surface area (Å²) in [4.78, 5) is 19.3. The average Bonchev–Trinajstić information content (AvgIpc) is 2.99. The van der Waals surface area contributed by atoms with Gasteiger partial charge >= 0.3 is 0 Å². The molecule has 5 heteroatoms. The maximum atomic E-state index is 12.7. The van der Waals surface area contributed by atoms with Gasteiger partial charge in [-0.2, -0.15) is 0 Å². The summed E-state index contributed by atoms with van der Waals surface area (Å²) in [6.07, 6.45) is 0.461. The van der Waals surface area contributed by atoms with Crippen LogP contribution in [-0.2, 0) is 17.8 Å². The summed E-state index contributed by atoms with van der Waals surface area (Å²) < 4.78 is 0. The highest BCUT2D eigenvalue weighted by Crippen LogP contribution is 2.34. The van der Waals surface area contributed by atoms with E-state index in [2.05, 4.69) is 48.2 Å². The van der Waals surface area contributed by atoms with E-state index < -0.39 is 0 Å². The molecule has 0 saturated carbocycles. The van der Waals surface area contributed by atoms with Crippen LogP contribution in [0.5, 0.6) is 0 Å². The van der Waals surface area contributed by atoms with Crippen molar-refractivity contribution in [2.75, 3.05) is 38.6 Å². The Hall–Kier alpha value is -2.04. The van der Waals surface area contributed by atoms with Crippen LogP contribution in [0.25, 0.3) is 0 Å². The van der Waals surface area contributed by atoms with E-state index in [1.165, 1.54) is 11.3 Å². The number of carbonyl (C=O) groups is 1. The van der Waals surface area contributed by atoms with E-state index in [4.69, 9.17) is 11.6 Å². The second-order valence-electron chi connectivity index (χ2n) is 7.92. The summed E-state index contributed by atoms with van der Waals surface area (Å²) >= 11 is 5.93. The quantitative estimate of drug-likeness (QED) is 0.792. The van der Waals surface area contributed by atoms with E-state index >= 15 is 0 Å². The number of anilines is 1. The number of rotatable bonds is 5. The molecule has 0 radical (unpaired) electrons. The second-order valence-corrected chi connectivity index (χ2v) is 8.36. The molecule has 2 aromatic carbocycles. The third-order valence-electron chi connectivity index (χ3n) is 5.80. The lowest BCUT2D eigenvalue weighted by atomic mass is 9.91. The van der Waals surface area contributed by atoms with Gasteiger partial charge in [0.05, 0.1) is 6.42 Å². The SMILES string of the molecule is CN(C)c1ccc(CN2C[C@@H]3CN(C(=O)Cc4ccc(Cl)cc4)C[C@@H]32)cc1. The molecule has 0 unspecified atom stereocenters. The van der Waals surface area contributed by atoms with Crippen molar-refractivity contribution in [1.82, 2.24) is 9.80 Å². The molecular weight excluding hydrogens is 358 g/mol. The van der Waals surface area contributed by atoms with Crippen molar-refractivity contribution in [2.45, 2.75) is 19.0 Å². The van der Waals surface area contributed by atoms with Gasteiger partial charge in [-0.25, -0.2) is 0 Å². The Morgan fingerprint density at radius 2 is 1.67 bits per heavy atom. The fourth-order valence-corrected chi connectivity index (χ4v) is 4.28. The molecule has 4 rings (SSSR count). The van der Waals surface area contributed by atoms with Crippen LogP contribution in [0.2, 0.25) is 5.02 Å². The van der Waals surface area contributed by atoms with E-state index in [1.54, 1.807) is 0 Å². The Balaban J connectivity index is 1.31. The van der Waals surface area contributed by atoms with Gasteiger partial charge in [0.1, 0.15) is 0 Å². The number of likely N-dealkylation sites (tertiary alicyclic amines) is 2. The summed E-state index contributed by atoms with van der Waals surface area (Å²) in [5.41, 5.74) is 3.59. The summed E-state index contributed by atoms with van der Waals surface area (Å²) in [5, 5.41) is 0.708. The molecule has 0 bridgehead atoms. The molecule has 0 N–H and O–H groups in total. The van der Waals surface area contributed by atoms with Gasteiger partial charge in [-0.15, -0.1) is 0 Å². The molecule has 2 aliphatic rings. The minimum Gasteiger partial charge on any atom is -0.378 e. The van der Waals surface area contributed by atoms with Crippen LogP contribution in [0.3, 0.4) is 0 Å². The number of nitrogens with zero attached hydrogens (tertiary/aromatic N) is 3. The monoisotopic (exact) mass is 383 g/mol. The number of carbonyl (C=O) groups excluding carboxylic acids is 1. The molecule has 2 heterocycles. The molecular formula is C22H26ClN3O. The average molecular weight is 384 g/mol. The molecule has 27 heavy (non-hydrogen) atoms. The van der Waals surface area contributed by atoms with Crippen LogP contribution >= 0.6 is 11.6 Å². The number of hydrogen-bond acceptors (Lipinski definition) is 3. The van der Waals surface area contributed by atoms with E-state index in [-0.39, 0.29) is 5.91 Å². The van der Waals surface area contributed by atoms with E-state index in [0.717, 1.165) is 31.7 Å². The Bertz CT molecular complexity index is 803. The lowest BCUT2D eigenvalue weighted by molar-refractivity contribution is -0.129. The van der Waals surface area contributed by atoms with Gasteiger partial charge in [0.25, 0.3) is 0 Å². The third-order valence-corrected chi connectivity index (χ3v) is 6.06. The highest BCUT2D eigenvalue weighted by molar-refractivity contribution is 6.30. The predicted molar refractivity (Wildman–Crippen MR) is 110 cm³/mol. The molecule has 2 aliphatic heterocycles. The van der Waals surface area contributed by atoms with Gasteiger partial charge in [0.15, 0.2) is 0 Å². The van der Waals surface area contributed by atoms with Crippen LogP contribution in [0.4, 0.5) is 5.69 Å². The highest BCUT2D eigenvalue weighted by atomic mass is 35.5. The van der Waals surface area contributed by atoms with Gasteiger partial charge in [0.2, 0.25) is 5.91 Å². The van der Waals surface area contributed by atoms with Crippen molar-refractivity contribution in [1.29, 1.82) is 0 Å². The minimum absolute atomic E-state index is 0.224. The molecule has 2 fully saturated rings. The molecule has 4 nitrogen and oxygen atoms in total. The number of hydrogen-bond donors (Lipinski definition) is 0. The zero-order valence-electron chi connectivity index (χ0n) is 15.9. The zero-order valence-corrected chi connectivity index (χ0v) is 16.7. The largest absolute Gasteiger partial charge is 0.378 e. The van der Waals surface area contributed by atoms with Gasteiger partial charge < -0.3 is 9.80 Å². The van der Waals surface area contributed by atoms with Crippen molar-refractivity contribution in [3.05, 3.63) is 64.7 Å². The molecule has 1 amide bonds. The maximum absolute atomic E-state index is 12.7. The fourth-order valence-electron chi connectivity index (χ4n) is 4.15. The maximum Gasteiger partial charge on any atom is 0.227 e. The molecule has 142 valence electrons. The predicted octanol–water partition coefficient (Wildman–Crippen LogP) is 3.29. The normalized spacial score (nSPS) is 21.7. The van der Waals surface area contributed by atoms with E-state index in [9.17, 15) is 4.79 Å². The first-order valence-electron chi connectivity index (χ1n) is 9.52. The lowest BCUT2D eigenvalue weighted by Crippen LogP contribution is -2.54. The van der Waals surface area contributed by atoms with Gasteiger partial charge in [-0.05, 0) is 35.4 Å². The second kappa shape index (κ2) is 7.53. The molecule has 2 atom stereocenters. The lowest BCUT2D eigenvalue weighted by Gasteiger charge is -2.43. The van der Waals surface area contributed by atoms with Crippen molar-refractivity contribution < 1.29 is 4.79 Å². The fraction of sp³-hybridized carbons (Fsp3) is 0.409. The Kier molecular flexibility index (Phi) is 5.11. The Morgan fingerprint density at radius 1 is 1.00 bits per heavy atom.